The van der Waals surface area contributed by atoms with Gasteiger partial charge >= 0.3 is 0 Å². The molecule has 1 amide bonds. The molecule has 0 aromatic heterocycles. The maximum Gasteiger partial charge on any atom is 0.255 e. The Morgan fingerprint density at radius 2 is 1.90 bits per heavy atom. The highest BCUT2D eigenvalue weighted by molar-refractivity contribution is 5.98. The van der Waals surface area contributed by atoms with E-state index in [1.165, 1.54) is 24.0 Å². The Morgan fingerprint density at radius 3 is 2.76 bits per heavy atom. The average Bonchev–Trinajstić information content (AvgIpc) is 3.36. The van der Waals surface area contributed by atoms with Crippen molar-refractivity contribution in [3.8, 4) is 16.9 Å². The molecule has 1 saturated carbocycles. The number of rotatable bonds is 2. The Balaban J connectivity index is 1.81. The van der Waals surface area contributed by atoms with Crippen LogP contribution in [0.3, 0.4) is 0 Å². The van der Waals surface area contributed by atoms with Gasteiger partial charge in [0.1, 0.15) is 12.4 Å². The fourth-order valence-corrected chi connectivity index (χ4v) is 2.93. The van der Waals surface area contributed by atoms with Crippen LogP contribution < -0.4 is 10.1 Å². The third kappa shape index (κ3) is 2.29. The predicted octanol–water partition coefficient (Wildman–Crippen LogP) is 3.35. The molecular formula is C18H17NO2. The van der Waals surface area contributed by atoms with Crippen LogP contribution in [0, 0.1) is 0 Å². The Labute approximate surface area is 123 Å². The number of nitrogens with one attached hydrogen (secondary N) is 1. The van der Waals surface area contributed by atoms with Crippen molar-refractivity contribution >= 4 is 5.91 Å². The van der Waals surface area contributed by atoms with Gasteiger partial charge in [0.05, 0.1) is 12.1 Å². The van der Waals surface area contributed by atoms with E-state index in [0.717, 1.165) is 5.56 Å². The number of carbonyl (C=O) groups excluding carboxylic acids is 1. The lowest BCUT2D eigenvalue weighted by molar-refractivity contribution is 0.0957. The molecule has 1 N–H and O–H groups in total. The van der Waals surface area contributed by atoms with Crippen LogP contribution in [0.15, 0.2) is 42.5 Å². The van der Waals surface area contributed by atoms with E-state index in [4.69, 9.17) is 4.74 Å². The molecule has 2 aromatic rings. The second kappa shape index (κ2) is 4.92. The first-order chi connectivity index (χ1) is 10.3. The van der Waals surface area contributed by atoms with Crippen molar-refractivity contribution in [2.45, 2.75) is 18.8 Å². The van der Waals surface area contributed by atoms with E-state index >= 15 is 0 Å². The van der Waals surface area contributed by atoms with E-state index in [0.29, 0.717) is 30.4 Å². The molecule has 0 bridgehead atoms. The maximum absolute atomic E-state index is 12.1. The molecule has 3 nitrogen and oxygen atoms in total. The van der Waals surface area contributed by atoms with Crippen LogP contribution in [0.5, 0.6) is 5.75 Å². The van der Waals surface area contributed by atoms with Gasteiger partial charge in [0.25, 0.3) is 5.91 Å². The number of carbonyl (C=O) groups is 1. The fourth-order valence-electron chi connectivity index (χ4n) is 2.93. The van der Waals surface area contributed by atoms with E-state index < -0.39 is 0 Å². The molecule has 1 aliphatic heterocycles. The predicted molar refractivity (Wildman–Crippen MR) is 81.7 cm³/mol. The van der Waals surface area contributed by atoms with Gasteiger partial charge in [0.15, 0.2) is 0 Å². The Kier molecular flexibility index (Phi) is 2.92. The molecule has 1 fully saturated rings. The molecule has 1 heterocycles. The molecule has 0 atom stereocenters. The first-order valence-corrected chi connectivity index (χ1v) is 7.47. The number of benzene rings is 2. The zero-order chi connectivity index (χ0) is 14.2. The number of fused-ring (bicyclic) bond motifs is 1. The lowest BCUT2D eigenvalue weighted by atomic mass is 9.95. The number of hydrogen-bond acceptors (Lipinski definition) is 2. The lowest BCUT2D eigenvalue weighted by Crippen LogP contribution is -2.24. The SMILES string of the molecule is O=C1NCCOc2ccc(-c3ccccc3C3CC3)cc21. The van der Waals surface area contributed by atoms with Gasteiger partial charge < -0.3 is 10.1 Å². The first kappa shape index (κ1) is 12.5. The highest BCUT2D eigenvalue weighted by Gasteiger charge is 2.26. The van der Waals surface area contributed by atoms with Crippen LogP contribution in [0.25, 0.3) is 11.1 Å². The molecule has 2 aliphatic rings. The molecule has 0 spiro atoms. The summed E-state index contributed by atoms with van der Waals surface area (Å²) in [6.07, 6.45) is 2.54. The van der Waals surface area contributed by atoms with Crippen molar-refractivity contribution in [2.75, 3.05) is 13.2 Å². The Bertz CT molecular complexity index is 704. The standard InChI is InChI=1S/C18H17NO2/c20-18-16-11-13(7-8-17(16)21-10-9-19-18)15-4-2-1-3-14(15)12-5-6-12/h1-4,7-8,11-12H,5-6,9-10H2,(H,19,20). The molecule has 21 heavy (non-hydrogen) atoms. The van der Waals surface area contributed by atoms with Crippen LogP contribution in [-0.2, 0) is 0 Å². The van der Waals surface area contributed by atoms with Crippen molar-refractivity contribution in [3.63, 3.8) is 0 Å². The highest BCUT2D eigenvalue weighted by atomic mass is 16.5. The summed E-state index contributed by atoms with van der Waals surface area (Å²) in [6, 6.07) is 14.4. The summed E-state index contributed by atoms with van der Waals surface area (Å²) in [4.78, 5) is 12.1. The van der Waals surface area contributed by atoms with E-state index in [1.807, 2.05) is 12.1 Å². The molecule has 0 saturated heterocycles. The highest BCUT2D eigenvalue weighted by Crippen LogP contribution is 2.44. The van der Waals surface area contributed by atoms with Crippen molar-refractivity contribution in [3.05, 3.63) is 53.6 Å². The van der Waals surface area contributed by atoms with Crippen molar-refractivity contribution in [1.82, 2.24) is 5.32 Å². The summed E-state index contributed by atoms with van der Waals surface area (Å²) in [5, 5.41) is 2.87. The zero-order valence-corrected chi connectivity index (χ0v) is 11.8. The first-order valence-electron chi connectivity index (χ1n) is 7.47. The minimum Gasteiger partial charge on any atom is -0.491 e. The van der Waals surface area contributed by atoms with Crippen LogP contribution in [0.4, 0.5) is 0 Å². The topological polar surface area (TPSA) is 38.3 Å². The summed E-state index contributed by atoms with van der Waals surface area (Å²) in [7, 11) is 0. The summed E-state index contributed by atoms with van der Waals surface area (Å²) in [5.41, 5.74) is 4.36. The van der Waals surface area contributed by atoms with Crippen molar-refractivity contribution in [2.24, 2.45) is 0 Å². The molecule has 1 aliphatic carbocycles. The fraction of sp³-hybridized carbons (Fsp3) is 0.278. The van der Waals surface area contributed by atoms with Gasteiger partial charge in [-0.05, 0) is 47.6 Å². The number of amides is 1. The van der Waals surface area contributed by atoms with Crippen molar-refractivity contribution in [1.29, 1.82) is 0 Å². The molecule has 4 rings (SSSR count). The molecule has 106 valence electrons. The van der Waals surface area contributed by atoms with Gasteiger partial charge in [-0.25, -0.2) is 0 Å². The van der Waals surface area contributed by atoms with E-state index in [9.17, 15) is 4.79 Å². The molecule has 0 unspecified atom stereocenters. The van der Waals surface area contributed by atoms with Gasteiger partial charge in [0.2, 0.25) is 0 Å². The number of hydrogen-bond donors (Lipinski definition) is 1. The quantitative estimate of drug-likeness (QED) is 0.915. The van der Waals surface area contributed by atoms with Gasteiger partial charge in [-0.3, -0.25) is 4.79 Å². The average molecular weight is 279 g/mol. The minimum absolute atomic E-state index is 0.0479. The molecule has 0 radical (unpaired) electrons. The van der Waals surface area contributed by atoms with Crippen LogP contribution in [0.2, 0.25) is 0 Å². The molecule has 3 heteroatoms. The normalized spacial score (nSPS) is 17.4. The van der Waals surface area contributed by atoms with Crippen LogP contribution in [-0.4, -0.2) is 19.1 Å². The summed E-state index contributed by atoms with van der Waals surface area (Å²) < 4.78 is 5.62. The summed E-state index contributed by atoms with van der Waals surface area (Å²) in [6.45, 7) is 1.08. The second-order valence-corrected chi connectivity index (χ2v) is 5.68. The van der Waals surface area contributed by atoms with Gasteiger partial charge in [-0.15, -0.1) is 0 Å². The van der Waals surface area contributed by atoms with E-state index in [1.54, 1.807) is 0 Å². The van der Waals surface area contributed by atoms with E-state index in [2.05, 4.69) is 35.6 Å². The van der Waals surface area contributed by atoms with Gasteiger partial charge in [-0.1, -0.05) is 30.3 Å². The van der Waals surface area contributed by atoms with Gasteiger partial charge in [-0.2, -0.15) is 0 Å². The van der Waals surface area contributed by atoms with Crippen LogP contribution >= 0.6 is 0 Å². The largest absolute Gasteiger partial charge is 0.491 e. The molecular weight excluding hydrogens is 262 g/mol. The third-order valence-electron chi connectivity index (χ3n) is 4.16. The van der Waals surface area contributed by atoms with Gasteiger partial charge in [0, 0.05) is 0 Å². The summed E-state index contributed by atoms with van der Waals surface area (Å²) >= 11 is 0. The zero-order valence-electron chi connectivity index (χ0n) is 11.8. The lowest BCUT2D eigenvalue weighted by Gasteiger charge is -2.11. The smallest absolute Gasteiger partial charge is 0.255 e. The van der Waals surface area contributed by atoms with E-state index in [-0.39, 0.29) is 5.91 Å². The maximum atomic E-state index is 12.1. The summed E-state index contributed by atoms with van der Waals surface area (Å²) in [5.74, 6) is 1.32. The van der Waals surface area contributed by atoms with Crippen LogP contribution in [0.1, 0.15) is 34.7 Å². The Morgan fingerprint density at radius 1 is 1.05 bits per heavy atom. The third-order valence-corrected chi connectivity index (χ3v) is 4.16. The molecule has 2 aromatic carbocycles. The second-order valence-electron chi connectivity index (χ2n) is 5.68. The Hall–Kier alpha value is -2.29. The number of ether oxygens (including phenoxy) is 1. The minimum atomic E-state index is -0.0479. The monoisotopic (exact) mass is 279 g/mol. The van der Waals surface area contributed by atoms with Crippen molar-refractivity contribution < 1.29 is 9.53 Å².